The monoisotopic (exact) mass is 481 g/mol. The molecule has 0 unspecified atom stereocenters. The fourth-order valence-corrected chi connectivity index (χ4v) is 3.88. The molecule has 1 saturated carbocycles. The van der Waals surface area contributed by atoms with Gasteiger partial charge in [0.15, 0.2) is 0 Å². The molecule has 1 fully saturated rings. The number of rotatable bonds is 7. The minimum Gasteiger partial charge on any atom is -0.457 e. The summed E-state index contributed by atoms with van der Waals surface area (Å²) in [6, 6.07) is 18.1. The van der Waals surface area contributed by atoms with Crippen molar-refractivity contribution in [3.63, 3.8) is 0 Å². The molecule has 1 aliphatic rings. The van der Waals surface area contributed by atoms with E-state index in [0.717, 1.165) is 0 Å². The molecule has 0 spiro atoms. The molecular formula is C27H28ClNO5. The van der Waals surface area contributed by atoms with Crippen molar-refractivity contribution in [3.8, 4) is 17.6 Å². The van der Waals surface area contributed by atoms with Crippen LogP contribution in [0.2, 0.25) is 0 Å². The van der Waals surface area contributed by atoms with Crippen molar-refractivity contribution in [1.82, 2.24) is 0 Å². The highest BCUT2D eigenvalue weighted by Crippen LogP contribution is 2.66. The number of para-hydroxylation sites is 1. The Morgan fingerprint density at radius 2 is 1.71 bits per heavy atom. The van der Waals surface area contributed by atoms with E-state index in [-0.39, 0.29) is 5.03 Å². The van der Waals surface area contributed by atoms with Gasteiger partial charge in [-0.05, 0) is 62.9 Å². The van der Waals surface area contributed by atoms with Gasteiger partial charge in [-0.3, -0.25) is 4.79 Å². The van der Waals surface area contributed by atoms with E-state index < -0.39 is 34.5 Å². The number of hydrogen-bond acceptors (Lipinski definition) is 6. The Morgan fingerprint density at radius 1 is 1.09 bits per heavy atom. The Morgan fingerprint density at radius 3 is 2.26 bits per heavy atom. The number of carbonyl (C=O) groups is 2. The van der Waals surface area contributed by atoms with Gasteiger partial charge in [-0.2, -0.15) is 5.26 Å². The Hall–Kier alpha value is -3.30. The largest absolute Gasteiger partial charge is 0.457 e. The van der Waals surface area contributed by atoms with E-state index in [4.69, 9.17) is 25.8 Å². The van der Waals surface area contributed by atoms with Crippen LogP contribution in [-0.4, -0.2) is 17.5 Å². The predicted octanol–water partition coefficient (Wildman–Crippen LogP) is 6.47. The minimum absolute atomic E-state index is 0.191. The number of hydrogen-bond donors (Lipinski definition) is 0. The molecule has 178 valence electrons. The highest BCUT2D eigenvalue weighted by molar-refractivity contribution is 6.41. The molecule has 34 heavy (non-hydrogen) atoms. The van der Waals surface area contributed by atoms with Gasteiger partial charge in [0.2, 0.25) is 6.10 Å². The van der Waals surface area contributed by atoms with Gasteiger partial charge in [-0.25, -0.2) is 4.79 Å². The lowest BCUT2D eigenvalue weighted by Crippen LogP contribution is -2.27. The summed E-state index contributed by atoms with van der Waals surface area (Å²) in [4.78, 5) is 25.6. The first-order chi connectivity index (χ1) is 15.9. The van der Waals surface area contributed by atoms with Crippen LogP contribution in [-0.2, 0) is 19.1 Å². The third kappa shape index (κ3) is 5.78. The number of esters is 2. The lowest BCUT2D eigenvalue weighted by molar-refractivity contribution is -0.152. The summed E-state index contributed by atoms with van der Waals surface area (Å²) in [5.41, 5.74) is -1.88. The fourth-order valence-electron chi connectivity index (χ4n) is 3.66. The van der Waals surface area contributed by atoms with Gasteiger partial charge >= 0.3 is 11.9 Å². The first-order valence-electron chi connectivity index (χ1n) is 10.9. The minimum atomic E-state index is -1.16. The molecule has 0 N–H and O–H groups in total. The standard InChI is InChI=1S/C27H28ClNO5/c1-25(2,3)34-23(30)21(28)15-27(17-26(27,4)5)24(31)33-22(16-29)18-10-9-13-20(14-18)32-19-11-7-6-8-12-19/h6-15,22H,17H2,1-5H3/t22-,27-/m1/s1. The van der Waals surface area contributed by atoms with Crippen molar-refractivity contribution in [2.24, 2.45) is 10.8 Å². The summed E-state index contributed by atoms with van der Waals surface area (Å²) in [6.45, 7) is 8.94. The van der Waals surface area contributed by atoms with Crippen molar-refractivity contribution in [2.75, 3.05) is 0 Å². The molecule has 2 aromatic rings. The maximum Gasteiger partial charge on any atom is 0.349 e. The molecule has 0 aliphatic heterocycles. The third-order valence-electron chi connectivity index (χ3n) is 5.62. The first kappa shape index (κ1) is 25.3. The summed E-state index contributed by atoms with van der Waals surface area (Å²) in [5.74, 6) is -0.188. The highest BCUT2D eigenvalue weighted by atomic mass is 35.5. The molecule has 3 rings (SSSR count). The Bertz CT molecular complexity index is 1140. The molecule has 0 saturated heterocycles. The van der Waals surface area contributed by atoms with Crippen molar-refractivity contribution < 1.29 is 23.8 Å². The number of nitriles is 1. The molecular weight excluding hydrogens is 454 g/mol. The van der Waals surface area contributed by atoms with Crippen molar-refractivity contribution in [1.29, 1.82) is 5.26 Å². The molecule has 0 bridgehead atoms. The Kier molecular flexibility index (Phi) is 7.09. The van der Waals surface area contributed by atoms with Gasteiger partial charge in [-0.1, -0.05) is 55.8 Å². The summed E-state index contributed by atoms with van der Waals surface area (Å²) < 4.78 is 16.7. The lowest BCUT2D eigenvalue weighted by atomic mass is 9.95. The van der Waals surface area contributed by atoms with Crippen LogP contribution >= 0.6 is 11.6 Å². The molecule has 6 nitrogen and oxygen atoms in total. The second kappa shape index (κ2) is 9.52. The van der Waals surface area contributed by atoms with E-state index in [1.807, 2.05) is 50.2 Å². The van der Waals surface area contributed by atoms with Gasteiger partial charge in [0.05, 0.1) is 5.41 Å². The second-order valence-electron chi connectivity index (χ2n) is 9.93. The van der Waals surface area contributed by atoms with Crippen molar-refractivity contribution in [3.05, 3.63) is 71.3 Å². The number of benzene rings is 2. The van der Waals surface area contributed by atoms with Gasteiger partial charge in [0.25, 0.3) is 0 Å². The average molecular weight is 482 g/mol. The zero-order chi connectivity index (χ0) is 25.1. The third-order valence-corrected chi connectivity index (χ3v) is 5.88. The van der Waals surface area contributed by atoms with Gasteiger partial charge in [-0.15, -0.1) is 0 Å². The molecule has 0 amide bonds. The van der Waals surface area contributed by atoms with Crippen molar-refractivity contribution in [2.45, 2.75) is 52.7 Å². The second-order valence-corrected chi connectivity index (χ2v) is 10.3. The van der Waals surface area contributed by atoms with E-state index in [1.54, 1.807) is 45.0 Å². The smallest absolute Gasteiger partial charge is 0.349 e. The summed E-state index contributed by atoms with van der Waals surface area (Å²) >= 11 is 6.22. The maximum atomic E-state index is 13.2. The molecule has 0 radical (unpaired) electrons. The predicted molar refractivity (Wildman–Crippen MR) is 128 cm³/mol. The van der Waals surface area contributed by atoms with E-state index in [2.05, 4.69) is 0 Å². The molecule has 7 heteroatoms. The normalized spacial score (nSPS) is 20.0. The molecule has 1 aliphatic carbocycles. The Balaban J connectivity index is 1.79. The van der Waals surface area contributed by atoms with E-state index >= 15 is 0 Å². The molecule has 2 atom stereocenters. The van der Waals surface area contributed by atoms with E-state index in [9.17, 15) is 14.9 Å². The molecule has 0 heterocycles. The average Bonchev–Trinajstić information content (AvgIpc) is 3.32. The summed E-state index contributed by atoms with van der Waals surface area (Å²) in [7, 11) is 0. The quantitative estimate of drug-likeness (QED) is 0.333. The number of halogens is 1. The van der Waals surface area contributed by atoms with E-state index in [0.29, 0.717) is 23.5 Å². The lowest BCUT2D eigenvalue weighted by Gasteiger charge is -2.21. The van der Waals surface area contributed by atoms with Crippen LogP contribution < -0.4 is 4.74 Å². The number of nitrogens with zero attached hydrogens (tertiary/aromatic N) is 1. The summed E-state index contributed by atoms with van der Waals surface area (Å²) in [6.07, 6.45) is 0.662. The van der Waals surface area contributed by atoms with Gasteiger partial charge < -0.3 is 14.2 Å². The number of ether oxygens (including phenoxy) is 3. The number of carbonyl (C=O) groups excluding carboxylic acids is 2. The van der Waals surface area contributed by atoms with Crippen molar-refractivity contribution >= 4 is 23.5 Å². The van der Waals surface area contributed by atoms with Crippen LogP contribution in [0, 0.1) is 22.2 Å². The van der Waals surface area contributed by atoms with Crippen LogP contribution in [0.1, 0.15) is 52.7 Å². The van der Waals surface area contributed by atoms with Gasteiger partial charge in [0, 0.05) is 5.56 Å². The first-order valence-corrected chi connectivity index (χ1v) is 11.3. The molecule has 2 aromatic carbocycles. The summed E-state index contributed by atoms with van der Waals surface area (Å²) in [5, 5.41) is 9.55. The maximum absolute atomic E-state index is 13.2. The van der Waals surface area contributed by atoms with Gasteiger partial charge in [0.1, 0.15) is 28.2 Å². The van der Waals surface area contributed by atoms with Crippen LogP contribution in [0.4, 0.5) is 0 Å². The topological polar surface area (TPSA) is 85.6 Å². The van der Waals surface area contributed by atoms with E-state index in [1.165, 1.54) is 6.08 Å². The molecule has 0 aromatic heterocycles. The van der Waals surface area contributed by atoms with Crippen LogP contribution in [0.25, 0.3) is 0 Å². The zero-order valence-corrected chi connectivity index (χ0v) is 20.7. The fraction of sp³-hybridized carbons (Fsp3) is 0.370. The SMILES string of the molecule is CC(C)(C)OC(=O)C(Cl)=C[C@]1(C(=O)O[C@H](C#N)c2cccc(Oc3ccccc3)c2)CC1(C)C. The van der Waals surface area contributed by atoms with Crippen LogP contribution in [0.15, 0.2) is 65.7 Å². The Labute approximate surface area is 205 Å². The van der Waals surface area contributed by atoms with Crippen LogP contribution in [0.3, 0.4) is 0 Å². The highest BCUT2D eigenvalue weighted by Gasteiger charge is 2.66. The zero-order valence-electron chi connectivity index (χ0n) is 19.9. The van der Waals surface area contributed by atoms with Crippen LogP contribution in [0.5, 0.6) is 11.5 Å².